The molecule has 12 heavy (non-hydrogen) atoms. The first-order valence-corrected chi connectivity index (χ1v) is 3.73. The quantitative estimate of drug-likeness (QED) is 0.541. The Morgan fingerprint density at radius 1 is 1.42 bits per heavy atom. The summed E-state index contributed by atoms with van der Waals surface area (Å²) in [6, 6.07) is 0.0467. The van der Waals surface area contributed by atoms with Gasteiger partial charge in [0.2, 0.25) is 6.79 Å². The van der Waals surface area contributed by atoms with E-state index in [2.05, 4.69) is 10.2 Å². The van der Waals surface area contributed by atoms with Crippen LogP contribution in [0.4, 0.5) is 0 Å². The van der Waals surface area contributed by atoms with E-state index in [1.165, 1.54) is 0 Å². The summed E-state index contributed by atoms with van der Waals surface area (Å²) in [6.07, 6.45) is 5.56. The molecule has 60 valence electrons. The normalized spacial score (nSPS) is 29.3. The zero-order valence-electron chi connectivity index (χ0n) is 6.23. The van der Waals surface area contributed by atoms with Crippen molar-refractivity contribution in [3.05, 3.63) is 35.4 Å². The summed E-state index contributed by atoms with van der Waals surface area (Å²) in [6.45, 7) is 0.305. The number of ether oxygens (including phenoxy) is 2. The van der Waals surface area contributed by atoms with Gasteiger partial charge in [0.05, 0.1) is 6.20 Å². The van der Waals surface area contributed by atoms with Gasteiger partial charge in [-0.2, -0.15) is 10.2 Å². The second-order valence-corrected chi connectivity index (χ2v) is 2.72. The first-order valence-electron chi connectivity index (χ1n) is 3.73. The van der Waals surface area contributed by atoms with Crippen LogP contribution < -0.4 is 0 Å². The van der Waals surface area contributed by atoms with Gasteiger partial charge in [-0.3, -0.25) is 0 Å². The zero-order chi connectivity index (χ0) is 7.97. The summed E-state index contributed by atoms with van der Waals surface area (Å²) in [5.74, 6) is 1.59. The molecule has 1 atom stereocenters. The van der Waals surface area contributed by atoms with Crippen molar-refractivity contribution in [2.45, 2.75) is 6.04 Å². The van der Waals surface area contributed by atoms with Crippen molar-refractivity contribution in [2.24, 2.45) is 10.2 Å². The predicted molar refractivity (Wildman–Crippen MR) is 39.9 cm³/mol. The van der Waals surface area contributed by atoms with Crippen molar-refractivity contribution in [1.29, 1.82) is 0 Å². The van der Waals surface area contributed by atoms with Gasteiger partial charge in [0, 0.05) is 5.57 Å². The molecule has 3 rings (SSSR count). The van der Waals surface area contributed by atoms with Crippen molar-refractivity contribution in [2.75, 3.05) is 6.79 Å². The zero-order valence-corrected chi connectivity index (χ0v) is 6.23. The third kappa shape index (κ3) is 0.617. The van der Waals surface area contributed by atoms with E-state index < -0.39 is 0 Å². The molecule has 2 heterocycles. The fourth-order valence-electron chi connectivity index (χ4n) is 1.46. The highest BCUT2D eigenvalue weighted by molar-refractivity contribution is 5.46. The van der Waals surface area contributed by atoms with Crippen LogP contribution in [0.25, 0.3) is 0 Å². The molecule has 0 radical (unpaired) electrons. The molecule has 0 N–H and O–H groups in total. The molecule has 0 unspecified atom stereocenters. The van der Waals surface area contributed by atoms with E-state index >= 15 is 0 Å². The van der Waals surface area contributed by atoms with Gasteiger partial charge in [-0.05, 0) is 12.2 Å². The van der Waals surface area contributed by atoms with Crippen LogP contribution in [0.5, 0.6) is 0 Å². The van der Waals surface area contributed by atoms with Gasteiger partial charge in [0.25, 0.3) is 0 Å². The van der Waals surface area contributed by atoms with E-state index in [4.69, 9.17) is 9.47 Å². The average Bonchev–Trinajstić information content (AvgIpc) is 2.71. The molecule has 0 spiro atoms. The van der Waals surface area contributed by atoms with E-state index in [-0.39, 0.29) is 6.04 Å². The highest BCUT2D eigenvalue weighted by Gasteiger charge is 2.30. The van der Waals surface area contributed by atoms with Crippen LogP contribution in [0.2, 0.25) is 0 Å². The van der Waals surface area contributed by atoms with Crippen molar-refractivity contribution in [3.8, 4) is 0 Å². The number of azo groups is 1. The Labute approximate surface area is 68.9 Å². The van der Waals surface area contributed by atoms with Gasteiger partial charge in [0.1, 0.15) is 6.04 Å². The van der Waals surface area contributed by atoms with E-state index in [1.807, 2.05) is 12.2 Å². The summed E-state index contributed by atoms with van der Waals surface area (Å²) in [5.41, 5.74) is 1.00. The first-order chi connectivity index (χ1) is 5.95. The van der Waals surface area contributed by atoms with Crippen molar-refractivity contribution >= 4 is 0 Å². The minimum atomic E-state index is 0.0467. The second-order valence-electron chi connectivity index (χ2n) is 2.72. The number of rotatable bonds is 0. The van der Waals surface area contributed by atoms with Crippen molar-refractivity contribution in [1.82, 2.24) is 0 Å². The minimum absolute atomic E-state index is 0.0467. The summed E-state index contributed by atoms with van der Waals surface area (Å²) < 4.78 is 10.5. The van der Waals surface area contributed by atoms with Gasteiger partial charge < -0.3 is 9.47 Å². The molecule has 1 aliphatic carbocycles. The maximum atomic E-state index is 5.29. The number of nitrogens with zero attached hydrogens (tertiary/aromatic N) is 2. The fourth-order valence-corrected chi connectivity index (χ4v) is 1.46. The Bertz CT molecular complexity index is 352. The predicted octanol–water partition coefficient (Wildman–Crippen LogP) is 1.49. The van der Waals surface area contributed by atoms with E-state index in [0.29, 0.717) is 6.79 Å². The number of hydrogen-bond donors (Lipinski definition) is 0. The summed E-state index contributed by atoms with van der Waals surface area (Å²) >= 11 is 0. The van der Waals surface area contributed by atoms with Crippen LogP contribution in [0.3, 0.4) is 0 Å². The Kier molecular flexibility index (Phi) is 0.983. The Morgan fingerprint density at radius 2 is 2.42 bits per heavy atom. The number of allylic oxidation sites excluding steroid dienone is 1. The highest BCUT2D eigenvalue weighted by atomic mass is 16.7. The fraction of sp³-hybridized carbons (Fsp3) is 0.250. The molecule has 4 heteroatoms. The van der Waals surface area contributed by atoms with Crippen LogP contribution >= 0.6 is 0 Å². The van der Waals surface area contributed by atoms with Gasteiger partial charge in [-0.15, -0.1) is 0 Å². The van der Waals surface area contributed by atoms with Crippen LogP contribution in [0.15, 0.2) is 45.7 Å². The molecule has 0 fully saturated rings. The summed E-state index contributed by atoms with van der Waals surface area (Å²) in [7, 11) is 0. The van der Waals surface area contributed by atoms with Crippen LogP contribution in [-0.4, -0.2) is 12.8 Å². The van der Waals surface area contributed by atoms with Crippen molar-refractivity contribution in [3.63, 3.8) is 0 Å². The molecular weight excluding hydrogens is 156 g/mol. The molecule has 0 amide bonds. The third-order valence-corrected chi connectivity index (χ3v) is 2.04. The Hall–Kier alpha value is -1.58. The average molecular weight is 162 g/mol. The molecule has 0 saturated heterocycles. The maximum Gasteiger partial charge on any atom is 0.231 e. The van der Waals surface area contributed by atoms with Crippen LogP contribution in [-0.2, 0) is 9.47 Å². The van der Waals surface area contributed by atoms with Gasteiger partial charge in [-0.1, -0.05) is 0 Å². The largest absolute Gasteiger partial charge is 0.454 e. The maximum absolute atomic E-state index is 5.29. The molecule has 0 aromatic rings. The van der Waals surface area contributed by atoms with E-state index in [1.54, 1.807) is 6.20 Å². The number of hydrogen-bond acceptors (Lipinski definition) is 4. The van der Waals surface area contributed by atoms with E-state index in [9.17, 15) is 0 Å². The smallest absolute Gasteiger partial charge is 0.231 e. The molecule has 2 aliphatic heterocycles. The molecule has 0 aromatic heterocycles. The number of fused-ring (bicyclic) bond motifs is 2. The monoisotopic (exact) mass is 162 g/mol. The van der Waals surface area contributed by atoms with Crippen molar-refractivity contribution < 1.29 is 9.47 Å². The summed E-state index contributed by atoms with van der Waals surface area (Å²) in [4.78, 5) is 0. The standard InChI is InChI=1S/C8H6N2O2/c1-2-7-8(12-4-11-7)5-3-9-10-6(1)5/h1-3,6H,4H2/t6-/m0/s1. The van der Waals surface area contributed by atoms with E-state index in [0.717, 1.165) is 17.1 Å². The lowest BCUT2D eigenvalue weighted by Crippen LogP contribution is -2.08. The lowest BCUT2D eigenvalue weighted by atomic mass is 10.0. The minimum Gasteiger partial charge on any atom is -0.454 e. The molecule has 4 nitrogen and oxygen atoms in total. The molecule has 0 aromatic carbocycles. The third-order valence-electron chi connectivity index (χ3n) is 2.04. The van der Waals surface area contributed by atoms with Gasteiger partial charge >= 0.3 is 0 Å². The summed E-state index contributed by atoms with van der Waals surface area (Å²) in [5, 5.41) is 7.82. The molecule has 0 bridgehead atoms. The molecule has 3 aliphatic rings. The molecule has 0 saturated carbocycles. The first kappa shape index (κ1) is 5.99. The Morgan fingerprint density at radius 3 is 3.42 bits per heavy atom. The molecular formula is C8H6N2O2. The second kappa shape index (κ2) is 1.97. The SMILES string of the molecule is C1=C[C@@H]2N=NC=C2C2=C1OCO2. The highest BCUT2D eigenvalue weighted by Crippen LogP contribution is 2.34. The van der Waals surface area contributed by atoms with Gasteiger partial charge in [0.15, 0.2) is 11.5 Å². The lowest BCUT2D eigenvalue weighted by molar-refractivity contribution is 0.0769. The Balaban J connectivity index is 2.12. The lowest BCUT2D eigenvalue weighted by Gasteiger charge is -2.10. The topological polar surface area (TPSA) is 43.2 Å². The van der Waals surface area contributed by atoms with Crippen LogP contribution in [0.1, 0.15) is 0 Å². The van der Waals surface area contributed by atoms with Gasteiger partial charge in [-0.25, -0.2) is 0 Å². The van der Waals surface area contributed by atoms with Crippen LogP contribution in [0, 0.1) is 0 Å².